The molecule has 6 rings (SSSR count). The second kappa shape index (κ2) is 11.3. The molecule has 0 radical (unpaired) electrons. The Balaban J connectivity index is 1.28. The molecule has 4 heterocycles. The number of fused-ring (bicyclic) bond motifs is 1. The number of nitrogens with two attached hydrogens (primary N) is 1. The van der Waals surface area contributed by atoms with Gasteiger partial charge in [-0.2, -0.15) is 0 Å². The first-order chi connectivity index (χ1) is 20.5. The minimum Gasteiger partial charge on any atom is -0.481 e. The summed E-state index contributed by atoms with van der Waals surface area (Å²) in [6.07, 6.45) is 6.86. The number of hydrogen-bond donors (Lipinski definition) is 3. The van der Waals surface area contributed by atoms with Crippen LogP contribution < -0.4 is 11.1 Å². The molecule has 206 valence electrons. The summed E-state index contributed by atoms with van der Waals surface area (Å²) in [5, 5.41) is 11.8. The fourth-order valence-corrected chi connectivity index (χ4v) is 4.68. The first-order valence-electron chi connectivity index (χ1n) is 13.1. The zero-order chi connectivity index (χ0) is 29.1. The second-order valence-corrected chi connectivity index (χ2v) is 9.63. The Morgan fingerprint density at radius 1 is 0.857 bits per heavy atom. The van der Waals surface area contributed by atoms with Crippen LogP contribution in [0.4, 0.5) is 5.82 Å². The maximum atomic E-state index is 12.6. The molecule has 42 heavy (non-hydrogen) atoms. The number of amides is 1. The first kappa shape index (κ1) is 26.3. The Hall–Kier alpha value is -5.90. The van der Waals surface area contributed by atoms with E-state index < -0.39 is 5.97 Å². The van der Waals surface area contributed by atoms with Crippen LogP contribution in [-0.4, -0.2) is 41.5 Å². The van der Waals surface area contributed by atoms with E-state index in [0.717, 1.165) is 22.4 Å². The standard InChI is InChI=1S/C32H25N7O3/c33-29-26(4-2-14-35-29)30-38-27-16-24(23-3-1-13-34-18-23)19-36-31(27)39(30)25-11-7-21(8-12-25)17-37-32(42)22-9-5-20(6-10-22)15-28(40)41/h1-14,16,18-19H,15,17H2,(H2,33,35)(H,37,42)(H,40,41). The minimum absolute atomic E-state index is 0.0866. The van der Waals surface area contributed by atoms with Gasteiger partial charge in [-0.05, 0) is 59.7 Å². The molecule has 10 heteroatoms. The SMILES string of the molecule is Nc1ncccc1-c1nc2cc(-c3cccnc3)cnc2n1-c1ccc(CNC(=O)c2ccc(CC(=O)O)cc2)cc1. The van der Waals surface area contributed by atoms with Gasteiger partial charge in [0, 0.05) is 53.7 Å². The molecule has 4 N–H and O–H groups in total. The van der Waals surface area contributed by atoms with E-state index in [1.165, 1.54) is 0 Å². The number of carbonyl (C=O) groups excluding carboxylic acids is 1. The van der Waals surface area contributed by atoms with Gasteiger partial charge >= 0.3 is 5.97 Å². The zero-order valence-corrected chi connectivity index (χ0v) is 22.3. The van der Waals surface area contributed by atoms with Crippen LogP contribution in [0.1, 0.15) is 21.5 Å². The van der Waals surface area contributed by atoms with Crippen molar-refractivity contribution in [1.29, 1.82) is 0 Å². The zero-order valence-electron chi connectivity index (χ0n) is 22.3. The number of hydrogen-bond acceptors (Lipinski definition) is 7. The maximum Gasteiger partial charge on any atom is 0.307 e. The Morgan fingerprint density at radius 3 is 2.33 bits per heavy atom. The molecule has 0 spiro atoms. The maximum absolute atomic E-state index is 12.6. The molecule has 4 aromatic heterocycles. The molecule has 0 aliphatic carbocycles. The molecule has 2 aromatic carbocycles. The summed E-state index contributed by atoms with van der Waals surface area (Å²) in [5.74, 6) is -0.194. The van der Waals surface area contributed by atoms with E-state index in [1.807, 2.05) is 59.2 Å². The van der Waals surface area contributed by atoms with Crippen molar-refractivity contribution in [1.82, 2.24) is 29.8 Å². The van der Waals surface area contributed by atoms with Crippen molar-refractivity contribution in [2.75, 3.05) is 5.73 Å². The van der Waals surface area contributed by atoms with Crippen LogP contribution in [0.2, 0.25) is 0 Å². The van der Waals surface area contributed by atoms with Gasteiger partial charge in [-0.3, -0.25) is 19.1 Å². The third-order valence-electron chi connectivity index (χ3n) is 6.79. The number of nitrogens with zero attached hydrogens (tertiary/aromatic N) is 5. The minimum atomic E-state index is -0.916. The van der Waals surface area contributed by atoms with Gasteiger partial charge in [0.2, 0.25) is 0 Å². The summed E-state index contributed by atoms with van der Waals surface area (Å²) in [5.41, 5.74) is 12.9. The normalized spacial score (nSPS) is 11.0. The van der Waals surface area contributed by atoms with E-state index in [1.54, 1.807) is 49.1 Å². The van der Waals surface area contributed by atoms with Crippen molar-refractivity contribution < 1.29 is 14.7 Å². The molecule has 0 bridgehead atoms. The number of aliphatic carboxylic acids is 1. The van der Waals surface area contributed by atoms with Gasteiger partial charge in [0.15, 0.2) is 11.5 Å². The van der Waals surface area contributed by atoms with E-state index in [0.29, 0.717) is 46.0 Å². The molecule has 0 unspecified atom stereocenters. The summed E-state index contributed by atoms with van der Waals surface area (Å²) in [7, 11) is 0. The molecular weight excluding hydrogens is 530 g/mol. The predicted octanol–water partition coefficient (Wildman–Crippen LogP) is 4.68. The van der Waals surface area contributed by atoms with Crippen molar-refractivity contribution in [2.24, 2.45) is 0 Å². The summed E-state index contributed by atoms with van der Waals surface area (Å²) in [6, 6.07) is 23.8. The third-order valence-corrected chi connectivity index (χ3v) is 6.79. The lowest BCUT2D eigenvalue weighted by Gasteiger charge is -2.11. The summed E-state index contributed by atoms with van der Waals surface area (Å²) in [6.45, 7) is 0.315. The lowest BCUT2D eigenvalue weighted by Crippen LogP contribution is -2.22. The Morgan fingerprint density at radius 2 is 1.62 bits per heavy atom. The molecule has 6 aromatic rings. The number of carbonyl (C=O) groups is 2. The number of pyridine rings is 3. The third kappa shape index (κ3) is 5.41. The molecule has 0 aliphatic rings. The number of anilines is 1. The highest BCUT2D eigenvalue weighted by atomic mass is 16.4. The molecule has 0 saturated heterocycles. The Kier molecular flexibility index (Phi) is 7.08. The molecule has 0 saturated carbocycles. The highest BCUT2D eigenvalue weighted by Gasteiger charge is 2.18. The van der Waals surface area contributed by atoms with Crippen molar-refractivity contribution in [3.8, 4) is 28.2 Å². The fourth-order valence-electron chi connectivity index (χ4n) is 4.68. The lowest BCUT2D eigenvalue weighted by molar-refractivity contribution is -0.136. The topological polar surface area (TPSA) is 149 Å². The van der Waals surface area contributed by atoms with E-state index in [9.17, 15) is 9.59 Å². The van der Waals surface area contributed by atoms with Gasteiger partial charge in [-0.1, -0.05) is 30.3 Å². The van der Waals surface area contributed by atoms with Crippen LogP contribution in [0.25, 0.3) is 39.4 Å². The Bertz CT molecular complexity index is 1900. The number of nitrogens with one attached hydrogen (secondary N) is 1. The smallest absolute Gasteiger partial charge is 0.307 e. The number of benzene rings is 2. The van der Waals surface area contributed by atoms with E-state index >= 15 is 0 Å². The van der Waals surface area contributed by atoms with Crippen LogP contribution in [0.3, 0.4) is 0 Å². The van der Waals surface area contributed by atoms with Gasteiger partial charge in [0.1, 0.15) is 11.3 Å². The van der Waals surface area contributed by atoms with Gasteiger partial charge in [0.25, 0.3) is 5.91 Å². The molecule has 0 atom stereocenters. The number of rotatable bonds is 8. The molecule has 0 aliphatic heterocycles. The average Bonchev–Trinajstić information content (AvgIpc) is 3.39. The van der Waals surface area contributed by atoms with Crippen LogP contribution in [0, 0.1) is 0 Å². The largest absolute Gasteiger partial charge is 0.481 e. The average molecular weight is 556 g/mol. The quantitative estimate of drug-likeness (QED) is 0.245. The molecular formula is C32H25N7O3. The number of imidazole rings is 1. The van der Waals surface area contributed by atoms with Crippen LogP contribution in [0.5, 0.6) is 0 Å². The van der Waals surface area contributed by atoms with Crippen molar-refractivity contribution in [2.45, 2.75) is 13.0 Å². The highest BCUT2D eigenvalue weighted by Crippen LogP contribution is 2.32. The monoisotopic (exact) mass is 555 g/mol. The van der Waals surface area contributed by atoms with Gasteiger partial charge in [-0.25, -0.2) is 15.0 Å². The van der Waals surface area contributed by atoms with Crippen LogP contribution >= 0.6 is 0 Å². The van der Waals surface area contributed by atoms with Gasteiger partial charge in [-0.15, -0.1) is 0 Å². The number of carboxylic acids is 1. The van der Waals surface area contributed by atoms with Crippen LogP contribution in [0.15, 0.2) is 104 Å². The number of aromatic nitrogens is 5. The van der Waals surface area contributed by atoms with Crippen LogP contribution in [-0.2, 0) is 17.8 Å². The lowest BCUT2D eigenvalue weighted by atomic mass is 10.1. The van der Waals surface area contributed by atoms with Crippen molar-refractivity contribution in [3.63, 3.8) is 0 Å². The summed E-state index contributed by atoms with van der Waals surface area (Å²) in [4.78, 5) is 41.7. The number of nitrogen functional groups attached to an aromatic ring is 1. The van der Waals surface area contributed by atoms with Crippen molar-refractivity contribution in [3.05, 3.63) is 120 Å². The summed E-state index contributed by atoms with van der Waals surface area (Å²) >= 11 is 0. The summed E-state index contributed by atoms with van der Waals surface area (Å²) < 4.78 is 1.94. The highest BCUT2D eigenvalue weighted by molar-refractivity contribution is 5.94. The number of carboxylic acid groups (broad SMARTS) is 1. The van der Waals surface area contributed by atoms with Gasteiger partial charge in [0.05, 0.1) is 12.0 Å². The molecule has 0 fully saturated rings. The van der Waals surface area contributed by atoms with Crippen molar-refractivity contribution >= 4 is 28.9 Å². The first-order valence-corrected chi connectivity index (χ1v) is 13.1. The predicted molar refractivity (Wildman–Crippen MR) is 159 cm³/mol. The Labute approximate surface area is 240 Å². The van der Waals surface area contributed by atoms with E-state index in [2.05, 4.69) is 15.3 Å². The van der Waals surface area contributed by atoms with E-state index in [4.69, 9.17) is 20.8 Å². The molecule has 10 nitrogen and oxygen atoms in total. The fraction of sp³-hybridized carbons (Fsp3) is 0.0625. The van der Waals surface area contributed by atoms with Gasteiger partial charge < -0.3 is 16.2 Å². The molecule has 1 amide bonds. The van der Waals surface area contributed by atoms with E-state index in [-0.39, 0.29) is 12.3 Å². The second-order valence-electron chi connectivity index (χ2n) is 9.63.